The molecule has 0 bridgehead atoms. The molecule has 0 saturated carbocycles. The van der Waals surface area contributed by atoms with Gasteiger partial charge in [-0.3, -0.25) is 0 Å². The van der Waals surface area contributed by atoms with Crippen LogP contribution in [0.1, 0.15) is 5.56 Å². The number of benzene rings is 1. The van der Waals surface area contributed by atoms with E-state index in [9.17, 15) is 5.11 Å². The van der Waals surface area contributed by atoms with Gasteiger partial charge < -0.3 is 10.4 Å². The van der Waals surface area contributed by atoms with Gasteiger partial charge in [0.05, 0.1) is 5.69 Å². The monoisotopic (exact) mass is 215 g/mol. The van der Waals surface area contributed by atoms with Crippen molar-refractivity contribution in [1.29, 1.82) is 0 Å². The fourth-order valence-corrected chi connectivity index (χ4v) is 1.51. The molecule has 0 amide bonds. The van der Waals surface area contributed by atoms with Gasteiger partial charge in [0.2, 0.25) is 5.95 Å². The van der Waals surface area contributed by atoms with Crippen LogP contribution >= 0.6 is 0 Å². The standard InChI is InChI=1S/C12H13N3O/c1-8-7-14-12(13-2)15-11(8)9-4-3-5-10(16)6-9/h3-7,16H,1-2H3,(H,13,14,15). The van der Waals surface area contributed by atoms with Crippen molar-refractivity contribution in [3.63, 3.8) is 0 Å². The minimum atomic E-state index is 0.238. The molecule has 2 N–H and O–H groups in total. The van der Waals surface area contributed by atoms with Crippen LogP contribution in [0, 0.1) is 6.92 Å². The average Bonchev–Trinajstić information content (AvgIpc) is 2.30. The van der Waals surface area contributed by atoms with Crippen molar-refractivity contribution in [3.8, 4) is 17.0 Å². The van der Waals surface area contributed by atoms with E-state index in [1.165, 1.54) is 0 Å². The molecule has 1 aromatic carbocycles. The molecule has 1 heterocycles. The fourth-order valence-electron chi connectivity index (χ4n) is 1.51. The number of phenolic OH excluding ortho intramolecular Hbond substituents is 1. The van der Waals surface area contributed by atoms with E-state index in [4.69, 9.17) is 0 Å². The van der Waals surface area contributed by atoms with Crippen LogP contribution in [0.4, 0.5) is 5.95 Å². The second-order valence-electron chi connectivity index (χ2n) is 3.53. The van der Waals surface area contributed by atoms with E-state index in [1.807, 2.05) is 13.0 Å². The number of hydrogen-bond donors (Lipinski definition) is 2. The second kappa shape index (κ2) is 4.18. The first-order chi connectivity index (χ1) is 7.70. The van der Waals surface area contributed by atoms with Crippen LogP contribution < -0.4 is 5.32 Å². The molecular formula is C12H13N3O. The molecule has 82 valence electrons. The van der Waals surface area contributed by atoms with E-state index in [-0.39, 0.29) is 5.75 Å². The first kappa shape index (κ1) is 10.4. The van der Waals surface area contributed by atoms with Crippen LogP contribution in [0.3, 0.4) is 0 Å². The average molecular weight is 215 g/mol. The van der Waals surface area contributed by atoms with Crippen LogP contribution in [-0.4, -0.2) is 22.1 Å². The minimum Gasteiger partial charge on any atom is -0.508 e. The van der Waals surface area contributed by atoms with E-state index < -0.39 is 0 Å². The van der Waals surface area contributed by atoms with Crippen LogP contribution in [0.5, 0.6) is 5.75 Å². The summed E-state index contributed by atoms with van der Waals surface area (Å²) in [6.45, 7) is 1.94. The Morgan fingerprint density at radius 2 is 2.12 bits per heavy atom. The number of aryl methyl sites for hydroxylation is 1. The summed E-state index contributed by atoms with van der Waals surface area (Å²) in [6, 6.07) is 7.04. The van der Waals surface area contributed by atoms with E-state index in [1.54, 1.807) is 31.4 Å². The maximum absolute atomic E-state index is 9.43. The highest BCUT2D eigenvalue weighted by molar-refractivity contribution is 5.65. The Kier molecular flexibility index (Phi) is 2.72. The lowest BCUT2D eigenvalue weighted by Gasteiger charge is -2.07. The van der Waals surface area contributed by atoms with Gasteiger partial charge in [-0.2, -0.15) is 0 Å². The quantitative estimate of drug-likeness (QED) is 0.806. The molecule has 0 atom stereocenters. The van der Waals surface area contributed by atoms with Gasteiger partial charge >= 0.3 is 0 Å². The summed E-state index contributed by atoms with van der Waals surface area (Å²) < 4.78 is 0. The largest absolute Gasteiger partial charge is 0.508 e. The lowest BCUT2D eigenvalue weighted by Crippen LogP contribution is -1.99. The molecule has 0 aliphatic rings. The summed E-state index contributed by atoms with van der Waals surface area (Å²) in [5.41, 5.74) is 2.69. The highest BCUT2D eigenvalue weighted by Crippen LogP contribution is 2.24. The van der Waals surface area contributed by atoms with Gasteiger partial charge in [-0.05, 0) is 24.6 Å². The topological polar surface area (TPSA) is 58.0 Å². The van der Waals surface area contributed by atoms with Gasteiger partial charge in [-0.15, -0.1) is 0 Å². The van der Waals surface area contributed by atoms with Crippen molar-refractivity contribution in [2.24, 2.45) is 0 Å². The van der Waals surface area contributed by atoms with Crippen LogP contribution in [-0.2, 0) is 0 Å². The van der Waals surface area contributed by atoms with Crippen molar-refractivity contribution in [2.75, 3.05) is 12.4 Å². The number of hydrogen-bond acceptors (Lipinski definition) is 4. The first-order valence-corrected chi connectivity index (χ1v) is 5.01. The number of anilines is 1. The van der Waals surface area contributed by atoms with Gasteiger partial charge in [0.1, 0.15) is 5.75 Å². The van der Waals surface area contributed by atoms with E-state index in [2.05, 4.69) is 15.3 Å². The van der Waals surface area contributed by atoms with Gasteiger partial charge in [-0.25, -0.2) is 9.97 Å². The molecule has 2 aromatic rings. The lowest BCUT2D eigenvalue weighted by molar-refractivity contribution is 0.475. The van der Waals surface area contributed by atoms with E-state index in [0.29, 0.717) is 5.95 Å². The summed E-state index contributed by atoms with van der Waals surface area (Å²) in [5.74, 6) is 0.811. The summed E-state index contributed by atoms with van der Waals surface area (Å²) in [7, 11) is 1.77. The Balaban J connectivity index is 2.54. The number of aromatic nitrogens is 2. The molecule has 0 fully saturated rings. The number of rotatable bonds is 2. The van der Waals surface area contributed by atoms with E-state index >= 15 is 0 Å². The van der Waals surface area contributed by atoms with Crippen molar-refractivity contribution < 1.29 is 5.11 Å². The Labute approximate surface area is 94.0 Å². The molecule has 2 rings (SSSR count). The van der Waals surface area contributed by atoms with Gasteiger partial charge in [0, 0.05) is 18.8 Å². The predicted molar refractivity (Wildman–Crippen MR) is 63.4 cm³/mol. The van der Waals surface area contributed by atoms with Crippen LogP contribution in [0.15, 0.2) is 30.5 Å². The van der Waals surface area contributed by atoms with Gasteiger partial charge in [-0.1, -0.05) is 12.1 Å². The van der Waals surface area contributed by atoms with E-state index in [0.717, 1.165) is 16.8 Å². The highest BCUT2D eigenvalue weighted by Gasteiger charge is 2.06. The Morgan fingerprint density at radius 1 is 1.31 bits per heavy atom. The molecule has 0 aliphatic carbocycles. The third-order valence-electron chi connectivity index (χ3n) is 2.31. The van der Waals surface area contributed by atoms with Crippen molar-refractivity contribution in [2.45, 2.75) is 6.92 Å². The smallest absolute Gasteiger partial charge is 0.222 e. The van der Waals surface area contributed by atoms with Crippen LogP contribution in [0.25, 0.3) is 11.3 Å². The summed E-state index contributed by atoms with van der Waals surface area (Å²) in [5, 5.41) is 12.3. The molecule has 4 nitrogen and oxygen atoms in total. The zero-order valence-electron chi connectivity index (χ0n) is 9.23. The summed E-state index contributed by atoms with van der Waals surface area (Å²) in [4.78, 5) is 8.49. The normalized spacial score (nSPS) is 10.1. The fraction of sp³-hybridized carbons (Fsp3) is 0.167. The van der Waals surface area contributed by atoms with Gasteiger partial charge in [0.25, 0.3) is 0 Å². The van der Waals surface area contributed by atoms with Crippen LogP contribution in [0.2, 0.25) is 0 Å². The second-order valence-corrected chi connectivity index (χ2v) is 3.53. The SMILES string of the molecule is CNc1ncc(C)c(-c2cccc(O)c2)n1. The molecule has 0 saturated heterocycles. The molecule has 0 spiro atoms. The molecule has 16 heavy (non-hydrogen) atoms. The number of aromatic hydroxyl groups is 1. The molecule has 0 unspecified atom stereocenters. The Bertz CT molecular complexity index is 511. The minimum absolute atomic E-state index is 0.238. The Hall–Kier alpha value is -2.10. The predicted octanol–water partition coefficient (Wildman–Crippen LogP) is 2.20. The highest BCUT2D eigenvalue weighted by atomic mass is 16.3. The Morgan fingerprint density at radius 3 is 2.81 bits per heavy atom. The van der Waals surface area contributed by atoms with Crippen molar-refractivity contribution in [3.05, 3.63) is 36.0 Å². The third kappa shape index (κ3) is 1.95. The van der Waals surface area contributed by atoms with Crippen molar-refractivity contribution in [1.82, 2.24) is 9.97 Å². The maximum atomic E-state index is 9.43. The zero-order valence-corrected chi connectivity index (χ0v) is 9.23. The number of nitrogens with one attached hydrogen (secondary N) is 1. The number of nitrogens with zero attached hydrogens (tertiary/aromatic N) is 2. The first-order valence-electron chi connectivity index (χ1n) is 5.01. The molecule has 0 aliphatic heterocycles. The molecule has 0 radical (unpaired) electrons. The molecular weight excluding hydrogens is 202 g/mol. The summed E-state index contributed by atoms with van der Waals surface area (Å²) in [6.07, 6.45) is 1.76. The molecule has 4 heteroatoms. The molecule has 1 aromatic heterocycles. The number of phenols is 1. The lowest BCUT2D eigenvalue weighted by atomic mass is 10.1. The third-order valence-corrected chi connectivity index (χ3v) is 2.31. The maximum Gasteiger partial charge on any atom is 0.222 e. The zero-order chi connectivity index (χ0) is 11.5. The summed E-state index contributed by atoms with van der Waals surface area (Å²) >= 11 is 0. The van der Waals surface area contributed by atoms with Crippen molar-refractivity contribution >= 4 is 5.95 Å². The van der Waals surface area contributed by atoms with Gasteiger partial charge in [0.15, 0.2) is 0 Å².